The highest BCUT2D eigenvalue weighted by molar-refractivity contribution is 5.83. The number of aliphatic carboxylic acids is 3. The van der Waals surface area contributed by atoms with Crippen LogP contribution in [0.1, 0.15) is 13.8 Å². The molecular weight excluding hydrogens is 250 g/mol. The van der Waals surface area contributed by atoms with E-state index < -0.39 is 36.2 Å². The van der Waals surface area contributed by atoms with E-state index in [1.165, 1.54) is 0 Å². The van der Waals surface area contributed by atoms with E-state index in [0.29, 0.717) is 0 Å². The molecule has 3 atom stereocenters. The van der Waals surface area contributed by atoms with Crippen molar-refractivity contribution in [1.82, 2.24) is 0 Å². The Labute approximate surface area is 102 Å². The summed E-state index contributed by atoms with van der Waals surface area (Å²) in [5.74, 6) is -4.45. The van der Waals surface area contributed by atoms with Gasteiger partial charge in [-0.3, -0.25) is 4.79 Å². The molecule has 9 nitrogen and oxygen atoms in total. The number of hydrogen-bond donors (Lipinski definition) is 6. The molecule has 7 N–H and O–H groups in total. The normalized spacial score (nSPS) is 15.0. The molecule has 0 saturated heterocycles. The molecule has 106 valence electrons. The first-order valence-corrected chi connectivity index (χ1v) is 4.82. The van der Waals surface area contributed by atoms with Crippen molar-refractivity contribution in [2.24, 2.45) is 11.7 Å². The van der Waals surface area contributed by atoms with Crippen LogP contribution in [0.5, 0.6) is 0 Å². The van der Waals surface area contributed by atoms with E-state index in [1.54, 1.807) is 13.8 Å². The van der Waals surface area contributed by atoms with E-state index in [-0.39, 0.29) is 5.92 Å². The minimum atomic E-state index is -2.27. The first-order chi connectivity index (χ1) is 8.02. The van der Waals surface area contributed by atoms with Crippen molar-refractivity contribution in [3.8, 4) is 0 Å². The minimum absolute atomic E-state index is 0.0208. The number of hydrogen-bond acceptors (Lipinski definition) is 6. The van der Waals surface area contributed by atoms with E-state index in [1.807, 2.05) is 0 Å². The third-order valence-electron chi connectivity index (χ3n) is 1.81. The van der Waals surface area contributed by atoms with Crippen LogP contribution in [-0.2, 0) is 14.4 Å². The van der Waals surface area contributed by atoms with E-state index in [2.05, 4.69) is 0 Å². The summed E-state index contributed by atoms with van der Waals surface area (Å²) in [5, 5.41) is 40.8. The molecule has 0 fully saturated rings. The van der Waals surface area contributed by atoms with Crippen molar-refractivity contribution in [1.29, 1.82) is 0 Å². The lowest BCUT2D eigenvalue weighted by Crippen LogP contribution is -2.39. The predicted molar refractivity (Wildman–Crippen MR) is 57.7 cm³/mol. The molecule has 0 radical (unpaired) electrons. The monoisotopic (exact) mass is 267 g/mol. The van der Waals surface area contributed by atoms with Gasteiger partial charge in [0.05, 0.1) is 0 Å². The van der Waals surface area contributed by atoms with Crippen LogP contribution in [-0.4, -0.2) is 61.7 Å². The number of rotatable bonds is 5. The molecule has 0 bridgehead atoms. The number of aliphatic hydroxyl groups is 2. The molecular formula is C9H17NO8. The van der Waals surface area contributed by atoms with Gasteiger partial charge in [0, 0.05) is 0 Å². The average molecular weight is 267 g/mol. The third kappa shape index (κ3) is 7.54. The summed E-state index contributed by atoms with van der Waals surface area (Å²) in [7, 11) is 0. The largest absolute Gasteiger partial charge is 0.480 e. The van der Waals surface area contributed by atoms with Crippen LogP contribution in [0.2, 0.25) is 0 Å². The van der Waals surface area contributed by atoms with Gasteiger partial charge in [0.15, 0.2) is 12.2 Å². The van der Waals surface area contributed by atoms with Gasteiger partial charge in [-0.25, -0.2) is 9.59 Å². The summed E-state index contributed by atoms with van der Waals surface area (Å²) in [6.07, 6.45) is -4.53. The van der Waals surface area contributed by atoms with Gasteiger partial charge in [0.1, 0.15) is 6.04 Å². The third-order valence-corrected chi connectivity index (χ3v) is 1.81. The number of nitrogens with two attached hydrogens (primary N) is 1. The molecule has 0 aromatic rings. The van der Waals surface area contributed by atoms with Gasteiger partial charge >= 0.3 is 17.9 Å². The SMILES string of the molecule is CC(C)[C@H](N)C(=O)O.O=C(O)C(O)C(O)C(=O)O. The zero-order valence-corrected chi connectivity index (χ0v) is 9.85. The van der Waals surface area contributed by atoms with Gasteiger partial charge < -0.3 is 31.3 Å². The molecule has 0 aliphatic heterocycles. The van der Waals surface area contributed by atoms with Gasteiger partial charge in [-0.15, -0.1) is 0 Å². The fraction of sp³-hybridized carbons (Fsp3) is 0.667. The lowest BCUT2D eigenvalue weighted by atomic mass is 10.1. The standard InChI is InChI=1S/C5H11NO2.C4H6O6/c1-3(2)4(6)5(7)8;5-1(3(7)8)2(6)4(9)10/h3-4H,6H2,1-2H3,(H,7,8);1-2,5-6H,(H,7,8)(H,9,10)/t4-;/m0./s1. The Balaban J connectivity index is 0. The maximum Gasteiger partial charge on any atom is 0.335 e. The highest BCUT2D eigenvalue weighted by atomic mass is 16.4. The van der Waals surface area contributed by atoms with Gasteiger partial charge in [0.25, 0.3) is 0 Å². The highest BCUT2D eigenvalue weighted by Crippen LogP contribution is 1.96. The first-order valence-electron chi connectivity index (χ1n) is 4.82. The van der Waals surface area contributed by atoms with Crippen LogP contribution in [0.15, 0.2) is 0 Å². The predicted octanol–water partition coefficient (Wildman–Crippen LogP) is -2.07. The molecule has 9 heteroatoms. The van der Waals surface area contributed by atoms with Crippen LogP contribution in [0.3, 0.4) is 0 Å². The molecule has 0 heterocycles. The van der Waals surface area contributed by atoms with Crippen LogP contribution in [0.25, 0.3) is 0 Å². The number of aliphatic hydroxyl groups excluding tert-OH is 2. The number of carboxylic acids is 3. The van der Waals surface area contributed by atoms with Crippen molar-refractivity contribution in [2.45, 2.75) is 32.1 Å². The number of carbonyl (C=O) groups is 3. The second-order valence-corrected chi connectivity index (χ2v) is 3.67. The maximum absolute atomic E-state index is 10.0. The van der Waals surface area contributed by atoms with E-state index >= 15 is 0 Å². The second-order valence-electron chi connectivity index (χ2n) is 3.67. The van der Waals surface area contributed by atoms with E-state index in [4.69, 9.17) is 31.3 Å². The fourth-order valence-corrected chi connectivity index (χ4v) is 0.555. The lowest BCUT2D eigenvalue weighted by Gasteiger charge is -2.07. The van der Waals surface area contributed by atoms with Crippen molar-refractivity contribution < 1.29 is 39.9 Å². The fourth-order valence-electron chi connectivity index (χ4n) is 0.555. The van der Waals surface area contributed by atoms with Crippen molar-refractivity contribution in [3.63, 3.8) is 0 Å². The zero-order valence-electron chi connectivity index (χ0n) is 9.85. The maximum atomic E-state index is 10.0. The summed E-state index contributed by atoms with van der Waals surface area (Å²) in [4.78, 5) is 29.6. The second kappa shape index (κ2) is 8.39. The Morgan fingerprint density at radius 2 is 1.11 bits per heavy atom. The van der Waals surface area contributed by atoms with Crippen LogP contribution >= 0.6 is 0 Å². The Morgan fingerprint density at radius 1 is 0.833 bits per heavy atom. The van der Waals surface area contributed by atoms with Gasteiger partial charge in [0.2, 0.25) is 0 Å². The van der Waals surface area contributed by atoms with E-state index in [0.717, 1.165) is 0 Å². The molecule has 0 rings (SSSR count). The molecule has 0 saturated carbocycles. The van der Waals surface area contributed by atoms with Gasteiger partial charge in [-0.2, -0.15) is 0 Å². The lowest BCUT2D eigenvalue weighted by molar-refractivity contribution is -0.165. The average Bonchev–Trinajstić information content (AvgIpc) is 2.26. The Morgan fingerprint density at radius 3 is 1.17 bits per heavy atom. The van der Waals surface area contributed by atoms with Crippen LogP contribution in [0.4, 0.5) is 0 Å². The Kier molecular flexibility index (Phi) is 8.69. The zero-order chi connectivity index (χ0) is 15.0. The van der Waals surface area contributed by atoms with Crippen LogP contribution in [0, 0.1) is 5.92 Å². The summed E-state index contributed by atoms with van der Waals surface area (Å²) >= 11 is 0. The van der Waals surface area contributed by atoms with Gasteiger partial charge in [-0.05, 0) is 5.92 Å². The summed E-state index contributed by atoms with van der Waals surface area (Å²) < 4.78 is 0. The summed E-state index contributed by atoms with van der Waals surface area (Å²) in [6.45, 7) is 3.55. The first kappa shape index (κ1) is 18.6. The van der Waals surface area contributed by atoms with Crippen molar-refractivity contribution in [3.05, 3.63) is 0 Å². The van der Waals surface area contributed by atoms with Crippen LogP contribution < -0.4 is 5.73 Å². The van der Waals surface area contributed by atoms with E-state index in [9.17, 15) is 14.4 Å². The van der Waals surface area contributed by atoms with Gasteiger partial charge in [-0.1, -0.05) is 13.8 Å². The van der Waals surface area contributed by atoms with Crippen molar-refractivity contribution >= 4 is 17.9 Å². The Bertz CT molecular complexity index is 285. The minimum Gasteiger partial charge on any atom is -0.480 e. The quantitative estimate of drug-likeness (QED) is 0.326. The molecule has 2 unspecified atom stereocenters. The molecule has 0 spiro atoms. The topological polar surface area (TPSA) is 178 Å². The summed E-state index contributed by atoms with van der Waals surface area (Å²) in [6, 6.07) is -0.713. The molecule has 0 aliphatic carbocycles. The molecule has 18 heavy (non-hydrogen) atoms. The molecule has 0 aliphatic rings. The number of carboxylic acid groups (broad SMARTS) is 3. The van der Waals surface area contributed by atoms with Crippen molar-refractivity contribution in [2.75, 3.05) is 0 Å². The highest BCUT2D eigenvalue weighted by Gasteiger charge is 2.29. The molecule has 0 aromatic carbocycles. The Hall–Kier alpha value is -1.71. The molecule has 0 amide bonds. The smallest absolute Gasteiger partial charge is 0.335 e. The molecule has 0 aromatic heterocycles. The summed E-state index contributed by atoms with van der Waals surface area (Å²) in [5.41, 5.74) is 5.16.